The molecule has 2 aliphatic rings. The van der Waals surface area contributed by atoms with Gasteiger partial charge in [0.1, 0.15) is 24.2 Å². The topological polar surface area (TPSA) is 89.5 Å². The van der Waals surface area contributed by atoms with Gasteiger partial charge in [-0.25, -0.2) is 9.97 Å². The van der Waals surface area contributed by atoms with Crippen LogP contribution in [0.25, 0.3) is 11.1 Å². The van der Waals surface area contributed by atoms with E-state index in [0.29, 0.717) is 32.8 Å². The van der Waals surface area contributed by atoms with Crippen LogP contribution in [0.15, 0.2) is 61.4 Å². The Bertz CT molecular complexity index is 1060. The van der Waals surface area contributed by atoms with Gasteiger partial charge in [-0.05, 0) is 17.2 Å². The zero-order valence-corrected chi connectivity index (χ0v) is 17.7. The summed E-state index contributed by atoms with van der Waals surface area (Å²) in [5.74, 6) is 0.801. The molecule has 8 nitrogen and oxygen atoms in total. The normalized spacial score (nSPS) is 19.1. The number of nitrogens with zero attached hydrogens (tertiary/aromatic N) is 4. The number of nitrogens with one attached hydrogen (secondary N) is 1. The van der Waals surface area contributed by atoms with E-state index >= 15 is 0 Å². The van der Waals surface area contributed by atoms with Crippen LogP contribution < -0.4 is 10.1 Å². The quantitative estimate of drug-likeness (QED) is 0.639. The second-order valence-corrected chi connectivity index (χ2v) is 7.95. The van der Waals surface area contributed by atoms with Crippen LogP contribution >= 0.6 is 0 Å². The Balaban J connectivity index is 1.28. The van der Waals surface area contributed by atoms with Crippen LogP contribution in [0, 0.1) is 0 Å². The van der Waals surface area contributed by atoms with E-state index in [-0.39, 0.29) is 12.0 Å². The van der Waals surface area contributed by atoms with Gasteiger partial charge in [0.05, 0.1) is 19.8 Å². The molecule has 3 aromatic rings. The maximum absolute atomic E-state index is 13.3. The van der Waals surface area contributed by atoms with Gasteiger partial charge < -0.3 is 14.8 Å². The fourth-order valence-corrected chi connectivity index (χ4v) is 4.33. The van der Waals surface area contributed by atoms with Crippen molar-refractivity contribution >= 4 is 5.91 Å². The Morgan fingerprint density at radius 3 is 2.72 bits per heavy atom. The van der Waals surface area contributed by atoms with Crippen LogP contribution in [0.1, 0.15) is 17.2 Å². The molecular weight excluding hydrogens is 406 g/mol. The van der Waals surface area contributed by atoms with Gasteiger partial charge in [0.15, 0.2) is 0 Å². The number of rotatable bonds is 6. The number of carbonyl (C=O) groups is 1. The van der Waals surface area contributed by atoms with Crippen molar-refractivity contribution in [2.45, 2.75) is 18.6 Å². The first kappa shape index (κ1) is 20.5. The number of benzene rings is 1. The molecule has 1 N–H and O–H groups in total. The fraction of sp³-hybridized carbons (Fsp3) is 0.333. The molecule has 0 spiro atoms. The van der Waals surface area contributed by atoms with Gasteiger partial charge in [-0.1, -0.05) is 24.3 Å². The van der Waals surface area contributed by atoms with Crippen molar-refractivity contribution in [2.24, 2.45) is 0 Å². The lowest BCUT2D eigenvalue weighted by Crippen LogP contribution is -2.47. The Kier molecular flexibility index (Phi) is 6.04. The summed E-state index contributed by atoms with van der Waals surface area (Å²) in [6.45, 7) is 3.09. The fourth-order valence-electron chi connectivity index (χ4n) is 4.33. The number of carbonyl (C=O) groups excluding carboxylic acids is 1. The van der Waals surface area contributed by atoms with E-state index < -0.39 is 6.04 Å². The van der Waals surface area contributed by atoms with Crippen LogP contribution in [0.2, 0.25) is 0 Å². The van der Waals surface area contributed by atoms with Gasteiger partial charge in [0, 0.05) is 55.4 Å². The first-order valence-corrected chi connectivity index (χ1v) is 10.8. The van der Waals surface area contributed by atoms with E-state index in [1.807, 2.05) is 24.3 Å². The Labute approximate surface area is 186 Å². The van der Waals surface area contributed by atoms with E-state index in [0.717, 1.165) is 34.4 Å². The van der Waals surface area contributed by atoms with E-state index in [4.69, 9.17) is 9.47 Å². The second-order valence-electron chi connectivity index (χ2n) is 7.95. The molecule has 32 heavy (non-hydrogen) atoms. The summed E-state index contributed by atoms with van der Waals surface area (Å²) in [5.41, 5.74) is 3.90. The Morgan fingerprint density at radius 1 is 1.09 bits per heavy atom. The minimum Gasteiger partial charge on any atom is -0.487 e. The van der Waals surface area contributed by atoms with E-state index in [9.17, 15) is 4.79 Å². The predicted octanol–water partition coefficient (Wildman–Crippen LogP) is 2.03. The standard InChI is InChI=1S/C24H25N5O3/c30-24(22(18-4-2-6-25-12-18)29-7-9-31-10-8-29)28-15-20-11-17-3-1-5-21(23(17)32-20)19-13-26-16-27-14-19/h1-6,12-14,16,20,22H,7-11,15H2,(H,28,30)/t20-,22-/m1/s1. The van der Waals surface area contributed by atoms with E-state index in [1.165, 1.54) is 6.33 Å². The minimum atomic E-state index is -0.395. The number of para-hydroxylation sites is 1. The van der Waals surface area contributed by atoms with E-state index in [2.05, 4.69) is 31.2 Å². The largest absolute Gasteiger partial charge is 0.487 e. The summed E-state index contributed by atoms with van der Waals surface area (Å²) in [7, 11) is 0. The summed E-state index contributed by atoms with van der Waals surface area (Å²) in [4.78, 5) is 27.9. The summed E-state index contributed by atoms with van der Waals surface area (Å²) in [6.07, 6.45) is 9.17. The molecular formula is C24H25N5O3. The molecule has 1 fully saturated rings. The zero-order valence-electron chi connectivity index (χ0n) is 17.7. The minimum absolute atomic E-state index is 0.0452. The molecule has 0 bridgehead atoms. The highest BCUT2D eigenvalue weighted by atomic mass is 16.5. The highest BCUT2D eigenvalue weighted by Crippen LogP contribution is 2.38. The molecule has 2 atom stereocenters. The molecule has 2 aromatic heterocycles. The molecule has 2 aliphatic heterocycles. The molecule has 164 valence electrons. The average molecular weight is 431 g/mol. The molecule has 0 unspecified atom stereocenters. The first-order chi connectivity index (χ1) is 15.8. The monoisotopic (exact) mass is 431 g/mol. The molecule has 1 saturated heterocycles. The third kappa shape index (κ3) is 4.32. The van der Waals surface area contributed by atoms with Gasteiger partial charge in [0.2, 0.25) is 5.91 Å². The zero-order chi connectivity index (χ0) is 21.8. The molecule has 1 amide bonds. The number of amides is 1. The lowest BCUT2D eigenvalue weighted by molar-refractivity contribution is -0.128. The van der Waals surface area contributed by atoms with Gasteiger partial charge in [-0.2, -0.15) is 0 Å². The smallest absolute Gasteiger partial charge is 0.242 e. The van der Waals surface area contributed by atoms with Crippen LogP contribution in [0.5, 0.6) is 5.75 Å². The molecule has 5 rings (SSSR count). The van der Waals surface area contributed by atoms with Crippen molar-refractivity contribution in [1.82, 2.24) is 25.2 Å². The maximum Gasteiger partial charge on any atom is 0.242 e. The predicted molar refractivity (Wildman–Crippen MR) is 118 cm³/mol. The van der Waals surface area contributed by atoms with Crippen LogP contribution in [-0.4, -0.2) is 64.7 Å². The number of aromatic nitrogens is 3. The van der Waals surface area contributed by atoms with E-state index in [1.54, 1.807) is 24.8 Å². The van der Waals surface area contributed by atoms with Gasteiger partial charge in [-0.15, -0.1) is 0 Å². The van der Waals surface area contributed by atoms with Gasteiger partial charge in [0.25, 0.3) is 0 Å². The second kappa shape index (κ2) is 9.42. The average Bonchev–Trinajstić information content (AvgIpc) is 3.28. The number of hydrogen-bond acceptors (Lipinski definition) is 7. The number of hydrogen-bond donors (Lipinski definition) is 1. The Hall–Kier alpha value is -3.36. The third-order valence-corrected chi connectivity index (χ3v) is 5.86. The van der Waals surface area contributed by atoms with Crippen molar-refractivity contribution in [3.8, 4) is 16.9 Å². The van der Waals surface area contributed by atoms with Crippen molar-refractivity contribution in [3.05, 3.63) is 72.6 Å². The molecule has 8 heteroatoms. The van der Waals surface area contributed by atoms with Crippen LogP contribution in [-0.2, 0) is 16.0 Å². The van der Waals surface area contributed by atoms with Crippen molar-refractivity contribution < 1.29 is 14.3 Å². The number of fused-ring (bicyclic) bond motifs is 1. The summed E-state index contributed by atoms with van der Waals surface area (Å²) < 4.78 is 11.7. The third-order valence-electron chi connectivity index (χ3n) is 5.86. The van der Waals surface area contributed by atoms with Crippen LogP contribution in [0.4, 0.5) is 0 Å². The summed E-state index contributed by atoms with van der Waals surface area (Å²) in [6, 6.07) is 9.51. The summed E-state index contributed by atoms with van der Waals surface area (Å²) >= 11 is 0. The SMILES string of the molecule is O=C(NC[C@H]1Cc2cccc(-c3cncnc3)c2O1)[C@@H](c1cccnc1)N1CCOCC1. The molecule has 0 radical (unpaired) electrons. The molecule has 0 saturated carbocycles. The van der Waals surface area contributed by atoms with Gasteiger partial charge in [-0.3, -0.25) is 14.7 Å². The molecule has 4 heterocycles. The number of ether oxygens (including phenoxy) is 2. The lowest BCUT2D eigenvalue weighted by atomic mass is 10.0. The van der Waals surface area contributed by atoms with Crippen molar-refractivity contribution in [1.29, 1.82) is 0 Å². The molecule has 1 aromatic carbocycles. The highest BCUT2D eigenvalue weighted by molar-refractivity contribution is 5.83. The van der Waals surface area contributed by atoms with Crippen LogP contribution in [0.3, 0.4) is 0 Å². The lowest BCUT2D eigenvalue weighted by Gasteiger charge is -2.33. The van der Waals surface area contributed by atoms with Crippen molar-refractivity contribution in [2.75, 3.05) is 32.8 Å². The number of morpholine rings is 1. The highest BCUT2D eigenvalue weighted by Gasteiger charge is 2.31. The van der Waals surface area contributed by atoms with Crippen molar-refractivity contribution in [3.63, 3.8) is 0 Å². The summed E-state index contributed by atoms with van der Waals surface area (Å²) in [5, 5.41) is 3.12. The maximum atomic E-state index is 13.3. The molecule has 0 aliphatic carbocycles. The Morgan fingerprint density at radius 2 is 1.94 bits per heavy atom. The number of pyridine rings is 1. The first-order valence-electron chi connectivity index (χ1n) is 10.8. The van der Waals surface area contributed by atoms with Gasteiger partial charge >= 0.3 is 0 Å².